The van der Waals surface area contributed by atoms with Gasteiger partial charge in [0.15, 0.2) is 0 Å². The Morgan fingerprint density at radius 3 is 2.82 bits per heavy atom. The van der Waals surface area contributed by atoms with Crippen molar-refractivity contribution in [2.45, 2.75) is 13.8 Å². The maximum absolute atomic E-state index is 11.7. The molecule has 0 aliphatic carbocycles. The lowest BCUT2D eigenvalue weighted by Crippen LogP contribution is -2.19. The minimum absolute atomic E-state index is 0.0463. The van der Waals surface area contributed by atoms with Crippen molar-refractivity contribution in [2.24, 2.45) is 0 Å². The Morgan fingerprint density at radius 2 is 2.12 bits per heavy atom. The normalized spacial score (nSPS) is 10.5. The molecule has 1 N–H and O–H groups in total. The number of aromatic nitrogens is 1. The van der Waals surface area contributed by atoms with Gasteiger partial charge in [-0.3, -0.25) is 4.79 Å². The fourth-order valence-corrected chi connectivity index (χ4v) is 1.69. The lowest BCUT2D eigenvalue weighted by atomic mass is 10.1. The molecule has 0 radical (unpaired) electrons. The molecule has 17 heavy (non-hydrogen) atoms. The minimum atomic E-state index is -0.586. The molecule has 2 aromatic rings. The molecule has 0 aliphatic heterocycles. The summed E-state index contributed by atoms with van der Waals surface area (Å²) in [5.74, 6) is -0.586. The van der Waals surface area contributed by atoms with E-state index in [-0.39, 0.29) is 12.2 Å². The van der Waals surface area contributed by atoms with Crippen molar-refractivity contribution >= 4 is 16.9 Å². The molecular weight excluding hydrogens is 218 g/mol. The summed E-state index contributed by atoms with van der Waals surface area (Å²) in [4.78, 5) is 25.9. The molecular formula is C13H13NO3. The average Bonchev–Trinajstić information content (AvgIpc) is 2.29. The monoisotopic (exact) mass is 231 g/mol. The first-order chi connectivity index (χ1) is 8.11. The van der Waals surface area contributed by atoms with Crippen LogP contribution in [-0.4, -0.2) is 17.6 Å². The fraction of sp³-hybridized carbons (Fsp3) is 0.231. The molecule has 88 valence electrons. The van der Waals surface area contributed by atoms with E-state index in [1.807, 2.05) is 25.1 Å². The van der Waals surface area contributed by atoms with Gasteiger partial charge < -0.3 is 9.72 Å². The number of pyridine rings is 1. The average molecular weight is 231 g/mol. The zero-order valence-electron chi connectivity index (χ0n) is 9.74. The van der Waals surface area contributed by atoms with Crippen LogP contribution in [0.1, 0.15) is 22.8 Å². The Morgan fingerprint density at radius 1 is 1.35 bits per heavy atom. The summed E-state index contributed by atoms with van der Waals surface area (Å²) >= 11 is 0. The molecule has 1 aromatic heterocycles. The van der Waals surface area contributed by atoms with Gasteiger partial charge in [0.25, 0.3) is 5.56 Å². The molecule has 0 aliphatic rings. The highest BCUT2D eigenvalue weighted by molar-refractivity contribution is 5.93. The third kappa shape index (κ3) is 2.20. The molecule has 0 spiro atoms. The second-order valence-corrected chi connectivity index (χ2v) is 3.82. The van der Waals surface area contributed by atoms with Crippen LogP contribution in [0.2, 0.25) is 0 Å². The minimum Gasteiger partial charge on any atom is -0.462 e. The Hall–Kier alpha value is -2.10. The first-order valence-corrected chi connectivity index (χ1v) is 5.42. The number of carbonyl (C=O) groups excluding carboxylic acids is 1. The number of carbonyl (C=O) groups is 1. The molecule has 0 atom stereocenters. The van der Waals surface area contributed by atoms with Crippen molar-refractivity contribution in [1.29, 1.82) is 0 Å². The van der Waals surface area contributed by atoms with Crippen molar-refractivity contribution in [3.8, 4) is 0 Å². The van der Waals surface area contributed by atoms with E-state index in [1.54, 1.807) is 13.0 Å². The van der Waals surface area contributed by atoms with E-state index in [0.717, 1.165) is 10.9 Å². The zero-order chi connectivity index (χ0) is 12.4. The molecule has 0 unspecified atom stereocenters. The predicted molar refractivity (Wildman–Crippen MR) is 65.3 cm³/mol. The van der Waals surface area contributed by atoms with Gasteiger partial charge in [0.05, 0.1) is 6.61 Å². The number of aromatic amines is 1. The van der Waals surface area contributed by atoms with Crippen molar-refractivity contribution in [1.82, 2.24) is 4.98 Å². The lowest BCUT2D eigenvalue weighted by Gasteiger charge is -2.03. The predicted octanol–water partition coefficient (Wildman–Crippen LogP) is 2.01. The van der Waals surface area contributed by atoms with Crippen molar-refractivity contribution in [2.75, 3.05) is 6.61 Å². The van der Waals surface area contributed by atoms with Gasteiger partial charge >= 0.3 is 5.97 Å². The Kier molecular flexibility index (Phi) is 2.95. The smallest absolute Gasteiger partial charge is 0.343 e. The van der Waals surface area contributed by atoms with Gasteiger partial charge in [0, 0.05) is 5.52 Å². The van der Waals surface area contributed by atoms with E-state index < -0.39 is 11.5 Å². The summed E-state index contributed by atoms with van der Waals surface area (Å²) in [6.07, 6.45) is 0. The molecule has 4 nitrogen and oxygen atoms in total. The Balaban J connectivity index is 2.61. The quantitative estimate of drug-likeness (QED) is 0.804. The maximum Gasteiger partial charge on any atom is 0.343 e. The number of fused-ring (bicyclic) bond motifs is 1. The number of hydrogen-bond acceptors (Lipinski definition) is 3. The second-order valence-electron chi connectivity index (χ2n) is 3.82. The van der Waals surface area contributed by atoms with Crippen LogP contribution in [0, 0.1) is 6.92 Å². The highest BCUT2D eigenvalue weighted by Crippen LogP contribution is 2.13. The molecule has 1 heterocycles. The molecule has 0 saturated carbocycles. The van der Waals surface area contributed by atoms with Crippen LogP contribution >= 0.6 is 0 Å². The summed E-state index contributed by atoms with van der Waals surface area (Å²) in [7, 11) is 0. The number of esters is 1. The number of H-pyrrole nitrogens is 1. The zero-order valence-corrected chi connectivity index (χ0v) is 9.74. The van der Waals surface area contributed by atoms with Gasteiger partial charge in [-0.05, 0) is 37.4 Å². The Labute approximate surface area is 98.2 Å². The van der Waals surface area contributed by atoms with Crippen LogP contribution in [0.3, 0.4) is 0 Å². The Bertz CT molecular complexity index is 628. The first-order valence-electron chi connectivity index (χ1n) is 5.42. The van der Waals surface area contributed by atoms with Gasteiger partial charge in [-0.25, -0.2) is 4.79 Å². The van der Waals surface area contributed by atoms with Gasteiger partial charge in [0.2, 0.25) is 0 Å². The van der Waals surface area contributed by atoms with Gasteiger partial charge in [-0.1, -0.05) is 11.6 Å². The van der Waals surface area contributed by atoms with Crippen molar-refractivity contribution in [3.63, 3.8) is 0 Å². The first kappa shape index (κ1) is 11.4. The summed E-state index contributed by atoms with van der Waals surface area (Å²) in [5.41, 5.74) is 1.41. The van der Waals surface area contributed by atoms with Crippen LogP contribution < -0.4 is 5.56 Å². The summed E-state index contributed by atoms with van der Waals surface area (Å²) in [5, 5.41) is 0.827. The van der Waals surface area contributed by atoms with E-state index >= 15 is 0 Å². The molecule has 0 amide bonds. The summed E-state index contributed by atoms with van der Waals surface area (Å²) in [6.45, 7) is 3.91. The third-order valence-corrected chi connectivity index (χ3v) is 2.50. The summed E-state index contributed by atoms with van der Waals surface area (Å²) < 4.78 is 4.83. The number of rotatable bonds is 2. The van der Waals surface area contributed by atoms with Gasteiger partial charge in [0.1, 0.15) is 5.56 Å². The van der Waals surface area contributed by atoms with E-state index in [2.05, 4.69) is 4.98 Å². The van der Waals surface area contributed by atoms with Crippen LogP contribution in [-0.2, 0) is 4.74 Å². The highest BCUT2D eigenvalue weighted by atomic mass is 16.5. The van der Waals surface area contributed by atoms with Crippen LogP contribution in [0.4, 0.5) is 0 Å². The molecule has 0 bridgehead atoms. The number of nitrogens with one attached hydrogen (secondary N) is 1. The number of aryl methyl sites for hydroxylation is 1. The number of hydrogen-bond donors (Lipinski definition) is 1. The molecule has 1 aromatic carbocycles. The molecule has 0 fully saturated rings. The molecule has 0 saturated heterocycles. The molecule has 4 heteroatoms. The summed E-state index contributed by atoms with van der Waals surface area (Å²) in [6, 6.07) is 7.20. The maximum atomic E-state index is 11.7. The largest absolute Gasteiger partial charge is 0.462 e. The van der Waals surface area contributed by atoms with Crippen molar-refractivity contribution < 1.29 is 9.53 Å². The highest BCUT2D eigenvalue weighted by Gasteiger charge is 2.12. The van der Waals surface area contributed by atoms with E-state index in [4.69, 9.17) is 4.74 Å². The SMILES string of the molecule is CCOC(=O)c1cc2cc(C)ccc2[nH]c1=O. The lowest BCUT2D eigenvalue weighted by molar-refractivity contribution is 0.0524. The van der Waals surface area contributed by atoms with Crippen LogP contribution in [0.25, 0.3) is 10.9 Å². The van der Waals surface area contributed by atoms with Crippen LogP contribution in [0.5, 0.6) is 0 Å². The van der Waals surface area contributed by atoms with Gasteiger partial charge in [-0.2, -0.15) is 0 Å². The standard InChI is InChI=1S/C13H13NO3/c1-3-17-13(16)10-7-9-6-8(2)4-5-11(9)14-12(10)15/h4-7H,3H2,1-2H3,(H,14,15). The second kappa shape index (κ2) is 4.41. The number of benzene rings is 1. The van der Waals surface area contributed by atoms with E-state index in [0.29, 0.717) is 5.52 Å². The fourth-order valence-electron chi connectivity index (χ4n) is 1.69. The van der Waals surface area contributed by atoms with Crippen molar-refractivity contribution in [3.05, 3.63) is 45.7 Å². The van der Waals surface area contributed by atoms with E-state index in [1.165, 1.54) is 0 Å². The number of ether oxygens (including phenoxy) is 1. The van der Waals surface area contributed by atoms with Crippen LogP contribution in [0.15, 0.2) is 29.1 Å². The van der Waals surface area contributed by atoms with Gasteiger partial charge in [-0.15, -0.1) is 0 Å². The van der Waals surface area contributed by atoms with E-state index in [9.17, 15) is 9.59 Å². The molecule has 2 rings (SSSR count). The topological polar surface area (TPSA) is 59.2 Å². The third-order valence-electron chi connectivity index (χ3n) is 2.50.